The molecule has 18 heavy (non-hydrogen) atoms. The number of carbonyl (C=O) groups is 1. The lowest BCUT2D eigenvalue weighted by molar-refractivity contribution is 0.0931. The average molecular weight is 309 g/mol. The zero-order valence-corrected chi connectivity index (χ0v) is 11.5. The topological polar surface area (TPSA) is 55.1 Å². The number of benzene rings is 1. The lowest BCUT2D eigenvalue weighted by Crippen LogP contribution is -2.29. The Morgan fingerprint density at radius 2 is 2.17 bits per heavy atom. The van der Waals surface area contributed by atoms with Gasteiger partial charge in [0.25, 0.3) is 5.91 Å². The number of rotatable bonds is 4. The molecule has 0 aliphatic heterocycles. The molecule has 1 atom stereocenters. The fourth-order valence-corrected chi connectivity index (χ4v) is 2.14. The summed E-state index contributed by atoms with van der Waals surface area (Å²) in [6.07, 6.45) is 0. The van der Waals surface area contributed by atoms with Crippen molar-refractivity contribution in [2.45, 2.75) is 13.0 Å². The molecule has 94 valence electrons. The van der Waals surface area contributed by atoms with Gasteiger partial charge >= 0.3 is 0 Å². The summed E-state index contributed by atoms with van der Waals surface area (Å²) in [6, 6.07) is 11.3. The van der Waals surface area contributed by atoms with Crippen molar-refractivity contribution in [1.29, 1.82) is 0 Å². The highest BCUT2D eigenvalue weighted by Gasteiger charge is 2.16. The summed E-state index contributed by atoms with van der Waals surface area (Å²) >= 11 is 3.40. The summed E-state index contributed by atoms with van der Waals surface area (Å²) in [6.45, 7) is 1.75. The van der Waals surface area contributed by atoms with E-state index in [0.717, 1.165) is 5.56 Å². The van der Waals surface area contributed by atoms with Crippen LogP contribution in [-0.4, -0.2) is 16.4 Å². The molecule has 1 unspecified atom stereocenters. The van der Waals surface area contributed by atoms with Crippen molar-refractivity contribution in [3.63, 3.8) is 0 Å². The Morgan fingerprint density at radius 3 is 2.72 bits per heavy atom. The molecule has 0 radical (unpaired) electrons. The minimum atomic E-state index is -0.236. The SMILES string of the molecule is Cc1cc(C(=O)NC(CBr)c2ccccc2)no1. The summed E-state index contributed by atoms with van der Waals surface area (Å²) in [5, 5.41) is 7.24. The first kappa shape index (κ1) is 12.8. The number of carbonyl (C=O) groups excluding carboxylic acids is 1. The maximum absolute atomic E-state index is 11.9. The summed E-state index contributed by atoms with van der Waals surface area (Å²) in [5.74, 6) is 0.385. The average Bonchev–Trinajstić information content (AvgIpc) is 2.83. The molecule has 0 bridgehead atoms. The number of halogens is 1. The fourth-order valence-electron chi connectivity index (χ4n) is 1.60. The van der Waals surface area contributed by atoms with Crippen LogP contribution in [0.25, 0.3) is 0 Å². The molecule has 1 amide bonds. The highest BCUT2D eigenvalue weighted by Crippen LogP contribution is 2.15. The van der Waals surface area contributed by atoms with Crippen LogP contribution in [0.15, 0.2) is 40.9 Å². The monoisotopic (exact) mass is 308 g/mol. The Labute approximate surface area is 113 Å². The van der Waals surface area contributed by atoms with Crippen LogP contribution in [0.2, 0.25) is 0 Å². The van der Waals surface area contributed by atoms with Crippen molar-refractivity contribution >= 4 is 21.8 Å². The van der Waals surface area contributed by atoms with E-state index in [1.54, 1.807) is 13.0 Å². The van der Waals surface area contributed by atoms with E-state index < -0.39 is 0 Å². The summed E-state index contributed by atoms with van der Waals surface area (Å²) in [7, 11) is 0. The molecule has 0 saturated carbocycles. The molecular formula is C13H13BrN2O2. The number of alkyl halides is 1. The summed E-state index contributed by atoms with van der Waals surface area (Å²) in [5.41, 5.74) is 1.34. The maximum Gasteiger partial charge on any atom is 0.273 e. The van der Waals surface area contributed by atoms with Crippen LogP contribution in [0.1, 0.15) is 27.9 Å². The molecule has 5 heteroatoms. The number of nitrogens with one attached hydrogen (secondary N) is 1. The van der Waals surface area contributed by atoms with Gasteiger partial charge in [0.2, 0.25) is 0 Å². The first-order chi connectivity index (χ1) is 8.70. The van der Waals surface area contributed by atoms with Gasteiger partial charge in [0.05, 0.1) is 6.04 Å². The molecule has 1 aromatic heterocycles. The summed E-state index contributed by atoms with van der Waals surface area (Å²) < 4.78 is 4.88. The molecule has 1 N–H and O–H groups in total. The van der Waals surface area contributed by atoms with Crippen molar-refractivity contribution in [1.82, 2.24) is 10.5 Å². The van der Waals surface area contributed by atoms with Gasteiger partial charge in [0.15, 0.2) is 5.69 Å². The number of aromatic nitrogens is 1. The molecule has 2 rings (SSSR count). The number of hydrogen-bond acceptors (Lipinski definition) is 3. The predicted molar refractivity (Wildman–Crippen MR) is 71.7 cm³/mol. The van der Waals surface area contributed by atoms with Crippen LogP contribution in [0.5, 0.6) is 0 Å². The number of nitrogens with zero attached hydrogens (tertiary/aromatic N) is 1. The van der Waals surface area contributed by atoms with Crippen LogP contribution < -0.4 is 5.32 Å². The Morgan fingerprint density at radius 1 is 1.44 bits per heavy atom. The molecule has 0 aliphatic rings. The van der Waals surface area contributed by atoms with Gasteiger partial charge in [-0.25, -0.2) is 0 Å². The Balaban J connectivity index is 2.10. The molecule has 0 spiro atoms. The highest BCUT2D eigenvalue weighted by atomic mass is 79.9. The second-order valence-corrected chi connectivity index (χ2v) is 4.56. The van der Waals surface area contributed by atoms with E-state index in [4.69, 9.17) is 4.52 Å². The third-order valence-electron chi connectivity index (χ3n) is 2.52. The first-order valence-corrected chi connectivity index (χ1v) is 6.68. The van der Waals surface area contributed by atoms with Crippen molar-refractivity contribution in [2.24, 2.45) is 0 Å². The van der Waals surface area contributed by atoms with Crippen LogP contribution in [0.4, 0.5) is 0 Å². The second-order valence-electron chi connectivity index (χ2n) is 3.91. The zero-order chi connectivity index (χ0) is 13.0. The number of aryl methyl sites for hydroxylation is 1. The van der Waals surface area contributed by atoms with E-state index in [1.807, 2.05) is 30.3 Å². The van der Waals surface area contributed by atoms with Crippen LogP contribution >= 0.6 is 15.9 Å². The van der Waals surface area contributed by atoms with E-state index in [1.165, 1.54) is 0 Å². The normalized spacial score (nSPS) is 12.1. The summed E-state index contributed by atoms with van der Waals surface area (Å²) in [4.78, 5) is 11.9. The van der Waals surface area contributed by atoms with Crippen molar-refractivity contribution in [2.75, 3.05) is 5.33 Å². The van der Waals surface area contributed by atoms with Gasteiger partial charge < -0.3 is 9.84 Å². The molecule has 4 nitrogen and oxygen atoms in total. The number of amides is 1. The third-order valence-corrected chi connectivity index (χ3v) is 3.17. The molecular weight excluding hydrogens is 296 g/mol. The largest absolute Gasteiger partial charge is 0.361 e. The van der Waals surface area contributed by atoms with E-state index >= 15 is 0 Å². The lowest BCUT2D eigenvalue weighted by atomic mass is 10.1. The lowest BCUT2D eigenvalue weighted by Gasteiger charge is -2.15. The first-order valence-electron chi connectivity index (χ1n) is 5.56. The van der Waals surface area contributed by atoms with E-state index in [9.17, 15) is 4.79 Å². The van der Waals surface area contributed by atoms with Gasteiger partial charge in [-0.3, -0.25) is 4.79 Å². The van der Waals surface area contributed by atoms with E-state index in [2.05, 4.69) is 26.4 Å². The zero-order valence-electron chi connectivity index (χ0n) is 9.89. The molecule has 2 aromatic rings. The van der Waals surface area contributed by atoms with Gasteiger partial charge in [-0.2, -0.15) is 0 Å². The quantitative estimate of drug-likeness (QED) is 0.884. The Bertz CT molecular complexity index is 525. The molecule has 0 aliphatic carbocycles. The van der Waals surface area contributed by atoms with Crippen molar-refractivity contribution < 1.29 is 9.32 Å². The van der Waals surface area contributed by atoms with Crippen molar-refractivity contribution in [3.05, 3.63) is 53.4 Å². The van der Waals surface area contributed by atoms with Gasteiger partial charge in [-0.15, -0.1) is 0 Å². The minimum Gasteiger partial charge on any atom is -0.361 e. The smallest absolute Gasteiger partial charge is 0.273 e. The highest BCUT2D eigenvalue weighted by molar-refractivity contribution is 9.09. The van der Waals surface area contributed by atoms with Gasteiger partial charge in [0.1, 0.15) is 5.76 Å². The molecule has 1 heterocycles. The van der Waals surface area contributed by atoms with Crippen LogP contribution in [0.3, 0.4) is 0 Å². The van der Waals surface area contributed by atoms with Gasteiger partial charge in [-0.05, 0) is 12.5 Å². The molecule has 0 fully saturated rings. The number of hydrogen-bond donors (Lipinski definition) is 1. The van der Waals surface area contributed by atoms with E-state index in [-0.39, 0.29) is 11.9 Å². The predicted octanol–water partition coefficient (Wildman–Crippen LogP) is 2.85. The van der Waals surface area contributed by atoms with Gasteiger partial charge in [-0.1, -0.05) is 51.4 Å². The maximum atomic E-state index is 11.9. The minimum absolute atomic E-state index is 0.0873. The molecule has 1 aromatic carbocycles. The fraction of sp³-hybridized carbons (Fsp3) is 0.231. The third kappa shape index (κ3) is 2.98. The Hall–Kier alpha value is -1.62. The molecule has 0 saturated heterocycles. The second kappa shape index (κ2) is 5.82. The van der Waals surface area contributed by atoms with Crippen molar-refractivity contribution in [3.8, 4) is 0 Å². The standard InChI is InChI=1S/C13H13BrN2O2/c1-9-7-11(16-18-9)13(17)15-12(8-14)10-5-3-2-4-6-10/h2-7,12H,8H2,1H3,(H,15,17). The van der Waals surface area contributed by atoms with E-state index in [0.29, 0.717) is 16.8 Å². The van der Waals surface area contributed by atoms with Gasteiger partial charge in [0, 0.05) is 11.4 Å². The van der Waals surface area contributed by atoms with Crippen LogP contribution in [0, 0.1) is 6.92 Å². The van der Waals surface area contributed by atoms with Crippen LogP contribution in [-0.2, 0) is 0 Å². The Kier molecular flexibility index (Phi) is 4.15.